The van der Waals surface area contributed by atoms with Gasteiger partial charge in [0, 0.05) is 30.5 Å². The van der Waals surface area contributed by atoms with Gasteiger partial charge in [0.1, 0.15) is 23.3 Å². The second-order valence-electron chi connectivity index (χ2n) is 6.67. The van der Waals surface area contributed by atoms with Gasteiger partial charge < -0.3 is 10.1 Å². The molecule has 0 bridgehead atoms. The largest absolute Gasteiger partial charge is 0.377 e. The number of rotatable bonds is 6. The van der Waals surface area contributed by atoms with Gasteiger partial charge in [0.15, 0.2) is 5.82 Å². The number of carbonyl (C=O) groups excluding carboxylic acids is 1. The molecule has 1 unspecified atom stereocenters. The topological polar surface area (TPSA) is 81.9 Å². The van der Waals surface area contributed by atoms with Crippen molar-refractivity contribution in [3.8, 4) is 11.3 Å². The molecule has 0 radical (unpaired) electrons. The summed E-state index contributed by atoms with van der Waals surface area (Å²) in [5.74, 6) is 1.25. The average Bonchev–Trinajstić information content (AvgIpc) is 3.29. The van der Waals surface area contributed by atoms with Crippen molar-refractivity contribution < 1.29 is 13.9 Å². The predicted molar refractivity (Wildman–Crippen MR) is 102 cm³/mol. The number of benzene rings is 1. The van der Waals surface area contributed by atoms with Crippen LogP contribution in [0, 0.1) is 5.82 Å². The second-order valence-corrected chi connectivity index (χ2v) is 7.62. The lowest BCUT2D eigenvalue weighted by Crippen LogP contribution is -2.42. The maximum Gasteiger partial charge on any atom is 0.227 e. The highest BCUT2D eigenvalue weighted by Crippen LogP contribution is 2.22. The Hall–Kier alpha value is -2.65. The van der Waals surface area contributed by atoms with Crippen LogP contribution in [0.4, 0.5) is 4.39 Å². The molecule has 2 aromatic heterocycles. The Morgan fingerprint density at radius 1 is 1.36 bits per heavy atom. The number of ether oxygens (including phenoxy) is 1. The highest BCUT2D eigenvalue weighted by atomic mass is 32.1. The van der Waals surface area contributed by atoms with Gasteiger partial charge in [-0.3, -0.25) is 4.79 Å². The lowest BCUT2D eigenvalue weighted by molar-refractivity contribution is -0.121. The fourth-order valence-corrected chi connectivity index (χ4v) is 4.03. The number of fused-ring (bicyclic) bond motifs is 1. The fourth-order valence-electron chi connectivity index (χ4n) is 3.23. The SMILES string of the molecule is COCc1nc2n(n1)CC(NC(=O)Cc1nc(-c3ccc(F)cc3)cs1)CC2. The number of aromatic nitrogens is 4. The summed E-state index contributed by atoms with van der Waals surface area (Å²) in [6.07, 6.45) is 1.82. The number of hydrogen-bond acceptors (Lipinski definition) is 6. The van der Waals surface area contributed by atoms with E-state index in [4.69, 9.17) is 4.74 Å². The first kappa shape index (κ1) is 18.7. The molecular formula is C19H20FN5O2S. The quantitative estimate of drug-likeness (QED) is 0.686. The van der Waals surface area contributed by atoms with Gasteiger partial charge >= 0.3 is 0 Å². The van der Waals surface area contributed by atoms with Crippen LogP contribution in [-0.4, -0.2) is 38.8 Å². The van der Waals surface area contributed by atoms with Gasteiger partial charge in [0.05, 0.1) is 18.7 Å². The molecule has 1 aliphatic heterocycles. The Kier molecular flexibility index (Phi) is 5.45. The van der Waals surface area contributed by atoms with Gasteiger partial charge in [0.2, 0.25) is 5.91 Å². The maximum atomic E-state index is 13.0. The van der Waals surface area contributed by atoms with E-state index in [-0.39, 0.29) is 24.2 Å². The van der Waals surface area contributed by atoms with Crippen molar-refractivity contribution in [1.29, 1.82) is 0 Å². The minimum atomic E-state index is -0.282. The number of thiazole rings is 1. The van der Waals surface area contributed by atoms with Gasteiger partial charge in [-0.2, -0.15) is 5.10 Å². The van der Waals surface area contributed by atoms with Gasteiger partial charge in [-0.05, 0) is 30.7 Å². The van der Waals surface area contributed by atoms with E-state index >= 15 is 0 Å². The molecule has 1 atom stereocenters. The molecule has 4 rings (SSSR count). The van der Waals surface area contributed by atoms with Crippen LogP contribution in [-0.2, 0) is 35.5 Å². The summed E-state index contributed by atoms with van der Waals surface area (Å²) in [7, 11) is 1.61. The van der Waals surface area contributed by atoms with Gasteiger partial charge in [0.25, 0.3) is 0 Å². The van der Waals surface area contributed by atoms with Crippen LogP contribution in [0.5, 0.6) is 0 Å². The summed E-state index contributed by atoms with van der Waals surface area (Å²) in [6, 6.07) is 6.20. The monoisotopic (exact) mass is 401 g/mol. The molecule has 9 heteroatoms. The van der Waals surface area contributed by atoms with Crippen molar-refractivity contribution in [2.45, 2.75) is 38.5 Å². The standard InChI is InChI=1S/C19H20FN5O2S/c1-27-10-16-23-17-7-6-14(9-25(17)24-16)21-18(26)8-19-22-15(11-28-19)12-2-4-13(20)5-3-12/h2-5,11,14H,6-10H2,1H3,(H,21,26). The van der Waals surface area contributed by atoms with Crippen LogP contribution in [0.3, 0.4) is 0 Å². The zero-order chi connectivity index (χ0) is 19.5. The molecule has 3 aromatic rings. The third-order valence-electron chi connectivity index (χ3n) is 4.54. The molecule has 3 heterocycles. The zero-order valence-electron chi connectivity index (χ0n) is 15.4. The molecule has 1 amide bonds. The lowest BCUT2D eigenvalue weighted by atomic mass is 10.1. The molecule has 0 saturated carbocycles. The molecule has 28 heavy (non-hydrogen) atoms. The highest BCUT2D eigenvalue weighted by Gasteiger charge is 2.23. The first-order valence-corrected chi connectivity index (χ1v) is 9.90. The van der Waals surface area contributed by atoms with Crippen LogP contribution in [0.1, 0.15) is 23.1 Å². The van der Waals surface area contributed by atoms with Crippen LogP contribution in [0.15, 0.2) is 29.6 Å². The van der Waals surface area contributed by atoms with Gasteiger partial charge in [-0.15, -0.1) is 11.3 Å². The van der Waals surface area contributed by atoms with Gasteiger partial charge in [-0.1, -0.05) is 0 Å². The third-order valence-corrected chi connectivity index (χ3v) is 5.39. The molecular weight excluding hydrogens is 381 g/mol. The van der Waals surface area contributed by atoms with Crippen molar-refractivity contribution in [3.05, 3.63) is 52.1 Å². The van der Waals surface area contributed by atoms with E-state index in [0.717, 1.165) is 34.9 Å². The van der Waals surface area contributed by atoms with E-state index in [1.807, 2.05) is 10.1 Å². The maximum absolute atomic E-state index is 13.0. The second kappa shape index (κ2) is 8.15. The normalized spacial score (nSPS) is 16.0. The number of aryl methyl sites for hydroxylation is 1. The van der Waals surface area contributed by atoms with E-state index < -0.39 is 0 Å². The van der Waals surface area contributed by atoms with E-state index in [9.17, 15) is 9.18 Å². The van der Waals surface area contributed by atoms with Crippen molar-refractivity contribution >= 4 is 17.2 Å². The molecule has 0 aliphatic carbocycles. The lowest BCUT2D eigenvalue weighted by Gasteiger charge is -2.23. The Labute approximate surface area is 165 Å². The number of methoxy groups -OCH3 is 1. The Morgan fingerprint density at radius 3 is 2.96 bits per heavy atom. The molecule has 146 valence electrons. The molecule has 1 N–H and O–H groups in total. The van der Waals surface area contributed by atoms with Crippen LogP contribution < -0.4 is 5.32 Å². The van der Waals surface area contributed by atoms with E-state index in [0.29, 0.717) is 19.0 Å². The van der Waals surface area contributed by atoms with Crippen LogP contribution >= 0.6 is 11.3 Å². The number of nitrogens with one attached hydrogen (secondary N) is 1. The molecule has 7 nitrogen and oxygen atoms in total. The minimum absolute atomic E-state index is 0.0219. The highest BCUT2D eigenvalue weighted by molar-refractivity contribution is 7.10. The molecule has 0 spiro atoms. The first-order valence-electron chi connectivity index (χ1n) is 9.02. The minimum Gasteiger partial charge on any atom is -0.377 e. The first-order chi connectivity index (χ1) is 13.6. The summed E-state index contributed by atoms with van der Waals surface area (Å²) >= 11 is 1.43. The van der Waals surface area contributed by atoms with E-state index in [1.54, 1.807) is 19.2 Å². The number of nitrogens with zero attached hydrogens (tertiary/aromatic N) is 4. The fraction of sp³-hybridized carbons (Fsp3) is 0.368. The molecule has 1 aromatic carbocycles. The Bertz CT molecular complexity index is 969. The van der Waals surface area contributed by atoms with E-state index in [2.05, 4.69) is 20.4 Å². The summed E-state index contributed by atoms with van der Waals surface area (Å²) in [5, 5.41) is 10.1. The molecule has 0 saturated heterocycles. The number of halogens is 1. The Balaban J connectivity index is 1.34. The summed E-state index contributed by atoms with van der Waals surface area (Å²) in [6.45, 7) is 0.994. The van der Waals surface area contributed by atoms with Crippen LogP contribution in [0.25, 0.3) is 11.3 Å². The summed E-state index contributed by atoms with van der Waals surface area (Å²) in [5.41, 5.74) is 1.59. The van der Waals surface area contributed by atoms with Crippen molar-refractivity contribution in [2.24, 2.45) is 0 Å². The van der Waals surface area contributed by atoms with Gasteiger partial charge in [-0.25, -0.2) is 19.0 Å². The summed E-state index contributed by atoms with van der Waals surface area (Å²) < 4.78 is 20.0. The Morgan fingerprint density at radius 2 is 2.18 bits per heavy atom. The molecule has 1 aliphatic rings. The smallest absolute Gasteiger partial charge is 0.227 e. The van der Waals surface area contributed by atoms with Crippen molar-refractivity contribution in [1.82, 2.24) is 25.1 Å². The van der Waals surface area contributed by atoms with Crippen LogP contribution in [0.2, 0.25) is 0 Å². The zero-order valence-corrected chi connectivity index (χ0v) is 16.2. The molecule has 0 fully saturated rings. The van der Waals surface area contributed by atoms with E-state index in [1.165, 1.54) is 23.5 Å². The van der Waals surface area contributed by atoms with Crippen molar-refractivity contribution in [2.75, 3.05) is 7.11 Å². The van der Waals surface area contributed by atoms with Crippen molar-refractivity contribution in [3.63, 3.8) is 0 Å². The number of amides is 1. The third kappa shape index (κ3) is 4.26. The average molecular weight is 401 g/mol. The number of hydrogen-bond donors (Lipinski definition) is 1. The summed E-state index contributed by atoms with van der Waals surface area (Å²) in [4.78, 5) is 21.4. The predicted octanol–water partition coefficient (Wildman–Crippen LogP) is 2.36. The number of carbonyl (C=O) groups is 1.